The Labute approximate surface area is 145 Å². The number of sulfonamides is 1. The Morgan fingerprint density at radius 1 is 1.16 bits per heavy atom. The summed E-state index contributed by atoms with van der Waals surface area (Å²) in [6, 6.07) is 8.68. The maximum atomic E-state index is 12.4. The fourth-order valence-electron chi connectivity index (χ4n) is 2.34. The molecule has 0 saturated heterocycles. The second-order valence-corrected chi connectivity index (χ2v) is 7.20. The molecule has 0 aliphatic heterocycles. The monoisotopic (exact) mass is 363 g/mol. The van der Waals surface area contributed by atoms with E-state index in [9.17, 15) is 23.3 Å². The van der Waals surface area contributed by atoms with E-state index in [4.69, 9.17) is 0 Å². The number of anilines is 1. The molecule has 0 radical (unpaired) electrons. The van der Waals surface area contributed by atoms with Gasteiger partial charge in [-0.2, -0.15) is 0 Å². The summed E-state index contributed by atoms with van der Waals surface area (Å²) in [7, 11) is -2.37. The lowest BCUT2D eigenvalue weighted by Gasteiger charge is -2.11. The fraction of sp³-hybridized carbons (Fsp3) is 0.188. The van der Waals surface area contributed by atoms with Gasteiger partial charge >= 0.3 is 0 Å². The minimum atomic E-state index is -3.67. The van der Waals surface area contributed by atoms with Gasteiger partial charge in [0, 0.05) is 22.9 Å². The molecule has 2 aromatic rings. The number of nitro groups is 1. The van der Waals surface area contributed by atoms with Gasteiger partial charge in [-0.3, -0.25) is 14.9 Å². The molecule has 25 heavy (non-hydrogen) atoms. The molecule has 1 amide bonds. The van der Waals surface area contributed by atoms with E-state index in [1.807, 2.05) is 0 Å². The van der Waals surface area contributed by atoms with E-state index in [0.29, 0.717) is 5.56 Å². The minimum Gasteiger partial charge on any atom is -0.322 e. The van der Waals surface area contributed by atoms with Gasteiger partial charge < -0.3 is 5.32 Å². The third-order valence-electron chi connectivity index (χ3n) is 3.75. The van der Waals surface area contributed by atoms with Crippen molar-refractivity contribution in [3.8, 4) is 0 Å². The van der Waals surface area contributed by atoms with Gasteiger partial charge in [0.25, 0.3) is 11.6 Å². The van der Waals surface area contributed by atoms with E-state index in [2.05, 4.69) is 10.0 Å². The Morgan fingerprint density at radius 2 is 1.84 bits per heavy atom. The zero-order chi connectivity index (χ0) is 18.8. The Hall–Kier alpha value is -2.78. The van der Waals surface area contributed by atoms with Gasteiger partial charge in [0.05, 0.1) is 9.82 Å². The summed E-state index contributed by atoms with van der Waals surface area (Å²) in [5.74, 6) is -0.558. The number of nitro benzene ring substituents is 1. The maximum Gasteiger partial charge on any atom is 0.273 e. The number of hydrogen-bond donors (Lipinski definition) is 2. The maximum absolute atomic E-state index is 12.4. The van der Waals surface area contributed by atoms with Gasteiger partial charge in [-0.1, -0.05) is 12.1 Å². The van der Waals surface area contributed by atoms with Crippen molar-refractivity contribution in [2.75, 3.05) is 12.4 Å². The molecule has 2 aromatic carbocycles. The van der Waals surface area contributed by atoms with E-state index < -0.39 is 20.9 Å². The van der Waals surface area contributed by atoms with Crippen LogP contribution >= 0.6 is 0 Å². The van der Waals surface area contributed by atoms with Crippen LogP contribution in [0, 0.1) is 24.0 Å². The molecule has 0 bridgehead atoms. The number of nitrogens with one attached hydrogen (secondary N) is 2. The van der Waals surface area contributed by atoms with Gasteiger partial charge in [0.15, 0.2) is 0 Å². The smallest absolute Gasteiger partial charge is 0.273 e. The highest BCUT2D eigenvalue weighted by molar-refractivity contribution is 7.89. The third kappa shape index (κ3) is 3.83. The highest BCUT2D eigenvalue weighted by atomic mass is 32.2. The van der Waals surface area contributed by atoms with Crippen molar-refractivity contribution in [1.29, 1.82) is 0 Å². The predicted molar refractivity (Wildman–Crippen MR) is 93.2 cm³/mol. The summed E-state index contributed by atoms with van der Waals surface area (Å²) in [6.07, 6.45) is 0. The van der Waals surface area contributed by atoms with Gasteiger partial charge in [0.2, 0.25) is 10.0 Å². The normalized spacial score (nSPS) is 11.2. The molecule has 2 N–H and O–H groups in total. The first-order valence-electron chi connectivity index (χ1n) is 7.27. The van der Waals surface area contributed by atoms with Crippen LogP contribution in [0.1, 0.15) is 21.5 Å². The molecule has 0 aromatic heterocycles. The molecule has 0 fully saturated rings. The van der Waals surface area contributed by atoms with E-state index in [1.54, 1.807) is 19.1 Å². The average molecular weight is 363 g/mol. The zero-order valence-corrected chi connectivity index (χ0v) is 14.7. The number of amides is 1. The predicted octanol–water partition coefficient (Wildman–Crippen LogP) is 2.37. The zero-order valence-electron chi connectivity index (χ0n) is 13.9. The highest BCUT2D eigenvalue weighted by Gasteiger charge is 2.19. The topological polar surface area (TPSA) is 118 Å². The minimum absolute atomic E-state index is 0.0450. The van der Waals surface area contributed by atoms with Crippen LogP contribution in [0.25, 0.3) is 0 Å². The molecule has 0 heterocycles. The van der Waals surface area contributed by atoms with Crippen molar-refractivity contribution < 1.29 is 18.1 Å². The molecule has 0 atom stereocenters. The molecule has 0 aliphatic rings. The summed E-state index contributed by atoms with van der Waals surface area (Å²) < 4.78 is 26.2. The highest BCUT2D eigenvalue weighted by Crippen LogP contribution is 2.24. The number of carbonyl (C=O) groups excluding carboxylic acids is 1. The van der Waals surface area contributed by atoms with Crippen molar-refractivity contribution in [1.82, 2.24) is 4.72 Å². The Bertz CT molecular complexity index is 954. The molecule has 2 rings (SSSR count). The molecule has 9 heteroatoms. The lowest BCUT2D eigenvalue weighted by molar-refractivity contribution is -0.385. The quantitative estimate of drug-likeness (QED) is 0.624. The van der Waals surface area contributed by atoms with Crippen LogP contribution in [-0.4, -0.2) is 26.3 Å². The van der Waals surface area contributed by atoms with Gasteiger partial charge in [0.1, 0.15) is 0 Å². The van der Waals surface area contributed by atoms with Crippen molar-refractivity contribution in [3.63, 3.8) is 0 Å². The van der Waals surface area contributed by atoms with Crippen LogP contribution in [0.3, 0.4) is 0 Å². The Kier molecular flexibility index (Phi) is 5.19. The fourth-order valence-corrected chi connectivity index (χ4v) is 3.34. The van der Waals surface area contributed by atoms with Gasteiger partial charge in [-0.25, -0.2) is 13.1 Å². The molecule has 0 saturated carbocycles. The average Bonchev–Trinajstić information content (AvgIpc) is 2.56. The third-order valence-corrected chi connectivity index (χ3v) is 5.31. The Morgan fingerprint density at radius 3 is 2.44 bits per heavy atom. The first-order chi connectivity index (χ1) is 11.7. The van der Waals surface area contributed by atoms with Crippen LogP contribution in [0.2, 0.25) is 0 Å². The Balaban J connectivity index is 2.38. The van der Waals surface area contributed by atoms with Crippen LogP contribution in [0.15, 0.2) is 41.3 Å². The van der Waals surface area contributed by atoms with E-state index in [-0.39, 0.29) is 27.4 Å². The molecule has 0 unspecified atom stereocenters. The molecule has 0 aliphatic carbocycles. The van der Waals surface area contributed by atoms with Crippen molar-refractivity contribution >= 4 is 27.3 Å². The first kappa shape index (κ1) is 18.6. The van der Waals surface area contributed by atoms with Crippen molar-refractivity contribution in [2.45, 2.75) is 18.7 Å². The molecule has 132 valence electrons. The van der Waals surface area contributed by atoms with Gasteiger partial charge in [-0.05, 0) is 44.7 Å². The summed E-state index contributed by atoms with van der Waals surface area (Å²) in [4.78, 5) is 22.9. The van der Waals surface area contributed by atoms with E-state index in [1.165, 1.54) is 38.2 Å². The van der Waals surface area contributed by atoms with Crippen molar-refractivity contribution in [2.24, 2.45) is 0 Å². The number of nitrogens with zero attached hydrogens (tertiary/aromatic N) is 1. The molecular weight excluding hydrogens is 346 g/mol. The lowest BCUT2D eigenvalue weighted by atomic mass is 10.1. The standard InChI is InChI=1S/C16H17N3O5S/c1-10-7-8-12(9-15(10)25(23,24)17-3)18-16(20)13-5-4-6-14(11(13)2)19(21)22/h4-9,17H,1-3H3,(H,18,20). The van der Waals surface area contributed by atoms with Crippen LogP contribution < -0.4 is 10.0 Å². The second-order valence-electron chi connectivity index (χ2n) is 5.35. The second kappa shape index (κ2) is 6.99. The summed E-state index contributed by atoms with van der Waals surface area (Å²) in [6.45, 7) is 3.12. The summed E-state index contributed by atoms with van der Waals surface area (Å²) in [5, 5.41) is 13.6. The lowest BCUT2D eigenvalue weighted by Crippen LogP contribution is -2.20. The molecule has 0 spiro atoms. The summed E-state index contributed by atoms with van der Waals surface area (Å²) in [5.41, 5.74) is 1.03. The number of carbonyl (C=O) groups is 1. The summed E-state index contributed by atoms with van der Waals surface area (Å²) >= 11 is 0. The van der Waals surface area contributed by atoms with E-state index >= 15 is 0 Å². The molecular formula is C16H17N3O5S. The first-order valence-corrected chi connectivity index (χ1v) is 8.75. The molecule has 8 nitrogen and oxygen atoms in total. The number of aryl methyl sites for hydroxylation is 1. The number of benzene rings is 2. The SMILES string of the molecule is CNS(=O)(=O)c1cc(NC(=O)c2cccc([N+](=O)[O-])c2C)ccc1C. The van der Waals surface area contributed by atoms with Crippen LogP contribution in [0.5, 0.6) is 0 Å². The van der Waals surface area contributed by atoms with Gasteiger partial charge in [-0.15, -0.1) is 0 Å². The number of rotatable bonds is 5. The number of hydrogen-bond acceptors (Lipinski definition) is 5. The largest absolute Gasteiger partial charge is 0.322 e. The van der Waals surface area contributed by atoms with Crippen molar-refractivity contribution in [3.05, 3.63) is 63.2 Å². The van der Waals surface area contributed by atoms with Crippen LogP contribution in [0.4, 0.5) is 11.4 Å². The van der Waals surface area contributed by atoms with Crippen LogP contribution in [-0.2, 0) is 10.0 Å². The van der Waals surface area contributed by atoms with E-state index in [0.717, 1.165) is 0 Å².